The van der Waals surface area contributed by atoms with E-state index in [1.165, 1.54) is 0 Å². The average molecular weight is 293 g/mol. The molecule has 1 atom stereocenters. The first kappa shape index (κ1) is 15.2. The summed E-state index contributed by atoms with van der Waals surface area (Å²) in [6, 6.07) is 2.27. The first-order valence-corrected chi connectivity index (χ1v) is 6.35. The van der Waals surface area contributed by atoms with Gasteiger partial charge in [0.25, 0.3) is 0 Å². The summed E-state index contributed by atoms with van der Waals surface area (Å²) < 4.78 is 12.9. The van der Waals surface area contributed by atoms with Crippen molar-refractivity contribution in [1.29, 1.82) is 0 Å². The molecule has 0 saturated carbocycles. The molecule has 0 bridgehead atoms. The van der Waals surface area contributed by atoms with Crippen molar-refractivity contribution < 1.29 is 9.18 Å². The smallest absolute Gasteiger partial charge is 0.224 e. The van der Waals surface area contributed by atoms with Gasteiger partial charge in [-0.2, -0.15) is 0 Å². The summed E-state index contributed by atoms with van der Waals surface area (Å²) in [6.45, 7) is 1.88. The van der Waals surface area contributed by atoms with Crippen molar-refractivity contribution in [1.82, 2.24) is 0 Å². The lowest BCUT2D eigenvalue weighted by Gasteiger charge is -2.10. The van der Waals surface area contributed by atoms with E-state index < -0.39 is 5.82 Å². The molecule has 0 aromatic heterocycles. The highest BCUT2D eigenvalue weighted by Gasteiger charge is 2.11. The molecule has 0 heterocycles. The summed E-state index contributed by atoms with van der Waals surface area (Å²) in [4.78, 5) is 11.6. The third-order valence-electron chi connectivity index (χ3n) is 2.33. The highest BCUT2D eigenvalue weighted by molar-refractivity contribution is 6.39. The number of hydrogen-bond acceptors (Lipinski definition) is 2. The van der Waals surface area contributed by atoms with Crippen LogP contribution in [0, 0.1) is 5.82 Å². The normalized spacial score (nSPS) is 12.3. The van der Waals surface area contributed by atoms with Gasteiger partial charge in [-0.15, -0.1) is 0 Å². The van der Waals surface area contributed by atoms with Gasteiger partial charge >= 0.3 is 0 Å². The van der Waals surface area contributed by atoms with Gasteiger partial charge in [0, 0.05) is 12.5 Å². The van der Waals surface area contributed by atoms with Crippen molar-refractivity contribution in [2.24, 2.45) is 5.73 Å². The SMILES string of the molecule is CC(N)CCCC(=O)Nc1c(Cl)cc(F)cc1Cl. The lowest BCUT2D eigenvalue weighted by molar-refractivity contribution is -0.116. The van der Waals surface area contributed by atoms with Crippen molar-refractivity contribution in [2.75, 3.05) is 5.32 Å². The molecule has 6 heteroatoms. The molecule has 1 rings (SSSR count). The standard InChI is InChI=1S/C12H15Cl2FN2O/c1-7(16)3-2-4-11(18)17-12-9(13)5-8(15)6-10(12)14/h5-7H,2-4,16H2,1H3,(H,17,18). The van der Waals surface area contributed by atoms with Crippen LogP contribution >= 0.6 is 23.2 Å². The number of amides is 1. The molecule has 18 heavy (non-hydrogen) atoms. The van der Waals surface area contributed by atoms with Gasteiger partial charge in [0.05, 0.1) is 15.7 Å². The van der Waals surface area contributed by atoms with Crippen LogP contribution in [-0.2, 0) is 4.79 Å². The lowest BCUT2D eigenvalue weighted by atomic mass is 10.1. The molecule has 0 fully saturated rings. The Morgan fingerprint density at radius 3 is 2.50 bits per heavy atom. The summed E-state index contributed by atoms with van der Waals surface area (Å²) in [5.41, 5.74) is 5.82. The number of rotatable bonds is 5. The number of halogens is 3. The zero-order chi connectivity index (χ0) is 13.7. The highest BCUT2D eigenvalue weighted by atomic mass is 35.5. The quantitative estimate of drug-likeness (QED) is 0.871. The molecular weight excluding hydrogens is 278 g/mol. The van der Waals surface area contributed by atoms with Crippen LogP contribution in [0.2, 0.25) is 10.0 Å². The van der Waals surface area contributed by atoms with Crippen LogP contribution in [0.25, 0.3) is 0 Å². The molecule has 0 aliphatic heterocycles. The minimum atomic E-state index is -0.542. The Kier molecular flexibility index (Phi) is 5.85. The van der Waals surface area contributed by atoms with E-state index in [1.807, 2.05) is 6.92 Å². The number of nitrogens with one attached hydrogen (secondary N) is 1. The second kappa shape index (κ2) is 6.92. The van der Waals surface area contributed by atoms with E-state index in [4.69, 9.17) is 28.9 Å². The fourth-order valence-corrected chi connectivity index (χ4v) is 2.00. The van der Waals surface area contributed by atoms with Gasteiger partial charge in [-0.05, 0) is 31.9 Å². The van der Waals surface area contributed by atoms with Gasteiger partial charge in [-0.3, -0.25) is 4.79 Å². The fraction of sp³-hybridized carbons (Fsp3) is 0.417. The first-order valence-electron chi connectivity index (χ1n) is 5.60. The van der Waals surface area contributed by atoms with Gasteiger partial charge in [0.2, 0.25) is 5.91 Å². The Morgan fingerprint density at radius 2 is 2.00 bits per heavy atom. The maximum Gasteiger partial charge on any atom is 0.224 e. The fourth-order valence-electron chi connectivity index (χ4n) is 1.45. The average Bonchev–Trinajstić information content (AvgIpc) is 2.22. The maximum atomic E-state index is 12.9. The zero-order valence-electron chi connectivity index (χ0n) is 9.97. The maximum absolute atomic E-state index is 12.9. The van der Waals surface area contributed by atoms with E-state index in [9.17, 15) is 9.18 Å². The molecule has 0 saturated heterocycles. The molecule has 3 nitrogen and oxygen atoms in total. The van der Waals surface area contributed by atoms with Gasteiger partial charge in [-0.25, -0.2) is 4.39 Å². The summed E-state index contributed by atoms with van der Waals surface area (Å²) in [5.74, 6) is -0.758. The lowest BCUT2D eigenvalue weighted by Crippen LogP contribution is -2.17. The number of anilines is 1. The molecule has 1 unspecified atom stereocenters. The predicted molar refractivity (Wildman–Crippen MR) is 72.6 cm³/mol. The van der Waals surface area contributed by atoms with E-state index in [0.29, 0.717) is 12.8 Å². The molecule has 1 aromatic carbocycles. The summed E-state index contributed by atoms with van der Waals surface area (Å²) in [6.07, 6.45) is 1.77. The Bertz CT molecular complexity index is 415. The third-order valence-corrected chi connectivity index (χ3v) is 2.93. The summed E-state index contributed by atoms with van der Waals surface area (Å²) in [7, 11) is 0. The highest BCUT2D eigenvalue weighted by Crippen LogP contribution is 2.31. The van der Waals surface area contributed by atoms with Gasteiger partial charge in [-0.1, -0.05) is 23.2 Å². The Hall–Kier alpha value is -0.840. The van der Waals surface area contributed by atoms with Crippen LogP contribution in [0.1, 0.15) is 26.2 Å². The topological polar surface area (TPSA) is 55.1 Å². The predicted octanol–water partition coefficient (Wildman–Crippen LogP) is 3.59. The number of benzene rings is 1. The Morgan fingerprint density at radius 1 is 1.44 bits per heavy atom. The minimum Gasteiger partial charge on any atom is -0.328 e. The number of hydrogen-bond donors (Lipinski definition) is 2. The molecule has 1 amide bonds. The van der Waals surface area contributed by atoms with Crippen LogP contribution in [0.4, 0.5) is 10.1 Å². The van der Waals surface area contributed by atoms with E-state index in [1.54, 1.807) is 0 Å². The van der Waals surface area contributed by atoms with Crippen LogP contribution in [0.5, 0.6) is 0 Å². The molecule has 0 radical (unpaired) electrons. The van der Waals surface area contributed by atoms with Crippen LogP contribution in [0.3, 0.4) is 0 Å². The number of nitrogens with two attached hydrogens (primary N) is 1. The van der Waals surface area contributed by atoms with E-state index in [2.05, 4.69) is 5.32 Å². The van der Waals surface area contributed by atoms with Crippen molar-refractivity contribution in [3.8, 4) is 0 Å². The monoisotopic (exact) mass is 292 g/mol. The molecule has 0 spiro atoms. The van der Waals surface area contributed by atoms with E-state index in [0.717, 1.165) is 18.6 Å². The van der Waals surface area contributed by atoms with Crippen LogP contribution in [-0.4, -0.2) is 11.9 Å². The van der Waals surface area contributed by atoms with Crippen LogP contribution < -0.4 is 11.1 Å². The second-order valence-corrected chi connectivity index (χ2v) is 4.98. The van der Waals surface area contributed by atoms with Gasteiger partial charge in [0.15, 0.2) is 0 Å². The zero-order valence-corrected chi connectivity index (χ0v) is 11.5. The molecule has 1 aromatic rings. The Balaban J connectivity index is 2.59. The van der Waals surface area contributed by atoms with Gasteiger partial charge in [0.1, 0.15) is 5.82 Å². The Labute approximate surface area is 115 Å². The van der Waals surface area contributed by atoms with Crippen molar-refractivity contribution in [3.63, 3.8) is 0 Å². The first-order chi connectivity index (χ1) is 8.40. The van der Waals surface area contributed by atoms with E-state index >= 15 is 0 Å². The van der Waals surface area contributed by atoms with Gasteiger partial charge < -0.3 is 11.1 Å². The van der Waals surface area contributed by atoms with Crippen molar-refractivity contribution in [2.45, 2.75) is 32.2 Å². The molecule has 100 valence electrons. The number of carbonyl (C=O) groups is 1. The third kappa shape index (κ3) is 4.80. The molecule has 3 N–H and O–H groups in total. The summed E-state index contributed by atoms with van der Waals surface area (Å²) >= 11 is 11.6. The number of carbonyl (C=O) groups excluding carboxylic acids is 1. The minimum absolute atomic E-state index is 0.0656. The van der Waals surface area contributed by atoms with Crippen molar-refractivity contribution >= 4 is 34.8 Å². The van der Waals surface area contributed by atoms with Crippen molar-refractivity contribution in [3.05, 3.63) is 28.0 Å². The van der Waals surface area contributed by atoms with Crippen LogP contribution in [0.15, 0.2) is 12.1 Å². The summed E-state index contributed by atoms with van der Waals surface area (Å²) in [5, 5.41) is 2.74. The molecule has 0 aliphatic rings. The largest absolute Gasteiger partial charge is 0.328 e. The van der Waals surface area contributed by atoms with E-state index in [-0.39, 0.29) is 27.7 Å². The molecule has 0 aliphatic carbocycles. The second-order valence-electron chi connectivity index (χ2n) is 4.16. The molecular formula is C12H15Cl2FN2O.